The Kier molecular flexibility index (Phi) is 46.3. The molecule has 804 valence electrons. The molecule has 2 saturated carbocycles. The molecule has 0 spiro atoms. The zero-order valence-corrected chi connectivity index (χ0v) is 80.6. The number of rotatable bonds is 41. The Morgan fingerprint density at radius 1 is 0.327 bits per heavy atom. The van der Waals surface area contributed by atoms with Crippen molar-refractivity contribution in [2.45, 2.75) is 308 Å². The molecule has 0 bridgehead atoms. The SMILES string of the molecule is CC(=O)OC[C@H]1OC(O)[C@H](OC(C)=O)[C@@H]1O[C@H]1O[C@@H](CN=[N+]=[N-])[C@@H](OC(C)=O)[C@H](OC(C)=O)[C@H]1N=[N+]=[N-].CC(=O)O[C@@H]1[C@@H](O)[C@H](O[C@H]2O[C@H](CN(Cc3ccccc3)C(=O)OCc3ccccc3)CC[C@H]2N=[N+]=[N-])[C@@H](N=[N+]=[N-])C[C@H]1N=[N+]=[N-].[N-]=[N+]=NC[C@@H]1O[C@H](O[C@H]2[C@@H](O)[C@H](O[C@@H]3[C@@H](O)[C@H](N=[N+]=[N-])C[C@H](N=[N+]=[N-])[C@H]3O[C@H]3O[C@H](CN(Cc4ccccc4)C(=O)OCc4ccccc4)CC[C@H]3N=[N+]=[N-])O[C@@H]2CO)[C@H](N=[N+]=[N-])[C@@H](O)[C@@H]1O. The third-order valence-electron chi connectivity index (χ3n) is 24.3. The van der Waals surface area contributed by atoms with Gasteiger partial charge in [0.05, 0.1) is 112 Å². The quantitative estimate of drug-likeness (QED) is 0.00714. The molecule has 4 aromatic rings. The Bertz CT molecular complexity index is 5670. The maximum atomic E-state index is 13.6. The zero-order valence-electron chi connectivity index (χ0n) is 80.6. The highest BCUT2D eigenvalue weighted by atomic mass is 16.8. The van der Waals surface area contributed by atoms with Crippen LogP contribution < -0.4 is 0 Å². The van der Waals surface area contributed by atoms with Crippen LogP contribution in [0.15, 0.2) is 172 Å². The third kappa shape index (κ3) is 33.3. The second kappa shape index (κ2) is 59.4. The number of ether oxygens (including phenoxy) is 18. The normalized spacial score (nSPS) is 31.9. The second-order valence-electron chi connectivity index (χ2n) is 34.5. The van der Waals surface area contributed by atoms with Crippen molar-refractivity contribution in [3.63, 3.8) is 0 Å². The Hall–Kier alpha value is -14.8. The first-order chi connectivity index (χ1) is 72.3. The molecule has 4 aromatic carbocycles. The molecule has 2 aliphatic carbocycles. The van der Waals surface area contributed by atoms with Gasteiger partial charge < -0.3 is 131 Å². The van der Waals surface area contributed by atoms with Crippen molar-refractivity contribution < 1.29 is 155 Å². The molecule has 2 amide bonds. The molecule has 6 heterocycles. The van der Waals surface area contributed by atoms with Crippen molar-refractivity contribution in [3.8, 4) is 0 Å². The number of esters is 5. The Morgan fingerprint density at radius 2 is 0.713 bits per heavy atom. The van der Waals surface area contributed by atoms with Crippen LogP contribution >= 0.6 is 0 Å². The minimum absolute atomic E-state index is 0.00718. The summed E-state index contributed by atoms with van der Waals surface area (Å²) in [6.45, 7) is 3.75. The van der Waals surface area contributed by atoms with E-state index in [4.69, 9.17) is 102 Å². The average Bonchev–Trinajstić information content (AvgIpc) is 1.46. The number of aliphatic hydroxyl groups excluding tert-OH is 7. The fourth-order valence-corrected chi connectivity index (χ4v) is 17.6. The number of carbonyl (C=O) groups is 7. The van der Waals surface area contributed by atoms with E-state index in [1.807, 2.05) is 121 Å². The van der Waals surface area contributed by atoms with Gasteiger partial charge in [-0.25, -0.2) is 9.59 Å². The molecular weight excluding hydrogens is 1990 g/mol. The molecule has 7 N–H and O–H groups in total. The summed E-state index contributed by atoms with van der Waals surface area (Å²) >= 11 is 0. The topological polar surface area (TPSA) is 921 Å². The van der Waals surface area contributed by atoms with Gasteiger partial charge in [0.2, 0.25) is 0 Å². The highest BCUT2D eigenvalue weighted by molar-refractivity contribution is 5.70. The van der Waals surface area contributed by atoms with Crippen LogP contribution in [0.3, 0.4) is 0 Å². The van der Waals surface area contributed by atoms with Crippen LogP contribution in [0.25, 0.3) is 104 Å². The Morgan fingerprint density at radius 3 is 1.19 bits per heavy atom. The Balaban J connectivity index is 0.000000242. The first kappa shape index (κ1) is 117. The zero-order chi connectivity index (χ0) is 108. The number of amides is 2. The van der Waals surface area contributed by atoms with Crippen molar-refractivity contribution in [3.05, 3.63) is 248 Å². The summed E-state index contributed by atoms with van der Waals surface area (Å²) in [6.07, 6.45) is -38.5. The monoisotopic (exact) mass is 2100 g/mol. The van der Waals surface area contributed by atoms with E-state index in [2.05, 4.69) is 100 Å². The molecule has 8 fully saturated rings. The van der Waals surface area contributed by atoms with Gasteiger partial charge in [0, 0.05) is 96.8 Å². The standard InChI is InChI=1S/C38H48N16O13.C29H34N10O7.C19H26N6O12/c39-49-44-14-25-29(57)30(58)27(48-53-43)36(63-25)66-33-26(17-55)64-37(31(33)59)67-34-28(56)23(46-51-41)13-24(47-52-42)32(34)65-35-22(45-50-40)12-11-21(62-35)16-54(15-19-7-3-1-4-8-19)38(60)61-18-20-9-5-2-6-10-20;1-18(40)44-26-23(34-37-31)14-24(35-38-32)27(25(26)41)46-28-22(33-36-30)13-12-21(45-28)16-39(15-19-8-4-2-5-9-19)29(42)43-17-20-10-6-3-7-11-20;1-7(26)31-6-12-15(17(18(30)35-12)34-10(4)29)37-19-13(23-25-21)16(33-9(3)28)14(32-8(2)27)11(36-19)5-22-24-20/h1-10,21-37,55-59H,11-18H2;2-11,21-28,41H,12-17H2,1H3;11-19,30H,5-6H2,1-4H3/t21-,22+,23+,24-,25-,26+,27+,28-,29+,30+,31+,32+,33+,34+,35+,36+,37-;21-,22+,23+,24-,25+,26-,27+,28+;11-,12+,13+,14+,15+,16+,17+,18?,19+/m000/s1. The van der Waals surface area contributed by atoms with Gasteiger partial charge in [-0.3, -0.25) is 24.0 Å². The summed E-state index contributed by atoms with van der Waals surface area (Å²) < 4.78 is 103. The lowest BCUT2D eigenvalue weighted by Gasteiger charge is -2.45. The minimum atomic E-state index is -1.89. The lowest BCUT2D eigenvalue weighted by atomic mass is 9.84. The van der Waals surface area contributed by atoms with E-state index in [0.717, 1.165) is 56.9 Å². The van der Waals surface area contributed by atoms with Crippen LogP contribution in [-0.2, 0) is 136 Å². The number of nitrogens with zero attached hydrogens (tertiary/aromatic N) is 32. The van der Waals surface area contributed by atoms with Gasteiger partial charge in [0.15, 0.2) is 56.1 Å². The van der Waals surface area contributed by atoms with Gasteiger partial charge >= 0.3 is 42.0 Å². The predicted octanol–water partition coefficient (Wildman–Crippen LogP) is 9.41. The summed E-state index contributed by atoms with van der Waals surface area (Å²) in [5.74, 6) is -3.86. The van der Waals surface area contributed by atoms with Gasteiger partial charge in [-0.2, -0.15) is 0 Å². The van der Waals surface area contributed by atoms with Crippen LogP contribution in [0.5, 0.6) is 0 Å². The number of azide groups is 10. The highest BCUT2D eigenvalue weighted by Crippen LogP contribution is 2.42. The van der Waals surface area contributed by atoms with Crippen LogP contribution in [-0.4, -0.2) is 335 Å². The second-order valence-corrected chi connectivity index (χ2v) is 34.5. The van der Waals surface area contributed by atoms with E-state index in [0.29, 0.717) is 12.8 Å². The fourth-order valence-electron chi connectivity index (χ4n) is 17.6. The lowest BCUT2D eigenvalue weighted by Crippen LogP contribution is -2.62. The van der Waals surface area contributed by atoms with Gasteiger partial charge in [-0.1, -0.05) is 172 Å². The van der Waals surface area contributed by atoms with Crippen molar-refractivity contribution in [1.82, 2.24) is 9.80 Å². The van der Waals surface area contributed by atoms with E-state index in [-0.39, 0.29) is 65.1 Å². The van der Waals surface area contributed by atoms with Crippen molar-refractivity contribution in [2.24, 2.45) is 51.1 Å². The molecule has 8 aliphatic rings. The number of carbonyl (C=O) groups excluding carboxylic acids is 7. The third-order valence-corrected chi connectivity index (χ3v) is 24.3. The number of benzene rings is 4. The molecule has 150 heavy (non-hydrogen) atoms. The molecule has 6 aliphatic heterocycles. The molecule has 0 aromatic heterocycles. The van der Waals surface area contributed by atoms with Crippen LogP contribution in [0.1, 0.15) is 95.4 Å². The highest BCUT2D eigenvalue weighted by Gasteiger charge is 2.59. The van der Waals surface area contributed by atoms with E-state index in [1.165, 1.54) is 9.80 Å². The number of hydrogen-bond donors (Lipinski definition) is 7. The van der Waals surface area contributed by atoms with E-state index in [9.17, 15) is 108 Å². The van der Waals surface area contributed by atoms with Gasteiger partial charge in [-0.05, 0) is 116 Å². The summed E-state index contributed by atoms with van der Waals surface area (Å²) in [5, 5.41) is 113. The largest absolute Gasteiger partial charge is 0.463 e. The number of hydrogen-bond acceptors (Lipinski definition) is 42. The molecule has 64 nitrogen and oxygen atoms in total. The molecular formula is C86H108N32O32. The van der Waals surface area contributed by atoms with Crippen LogP contribution in [0.2, 0.25) is 0 Å². The maximum absolute atomic E-state index is 13.6. The maximum Gasteiger partial charge on any atom is 0.410 e. The lowest BCUT2D eigenvalue weighted by molar-refractivity contribution is -0.289. The van der Waals surface area contributed by atoms with Crippen LogP contribution in [0.4, 0.5) is 9.59 Å². The summed E-state index contributed by atoms with van der Waals surface area (Å²) in [4.78, 5) is 116. The van der Waals surface area contributed by atoms with E-state index in [1.54, 1.807) is 0 Å². The summed E-state index contributed by atoms with van der Waals surface area (Å²) in [6, 6.07) is 27.2. The molecule has 1 unspecified atom stereocenters. The molecule has 12 rings (SSSR count). The predicted molar refractivity (Wildman–Crippen MR) is 501 cm³/mol. The average molecular weight is 2100 g/mol. The molecule has 6 saturated heterocycles. The van der Waals surface area contributed by atoms with Crippen molar-refractivity contribution in [2.75, 3.05) is 39.4 Å². The molecule has 34 atom stereocenters. The first-order valence-corrected chi connectivity index (χ1v) is 46.4. The van der Waals surface area contributed by atoms with Gasteiger partial charge in [0.25, 0.3) is 0 Å². The van der Waals surface area contributed by atoms with Crippen LogP contribution in [0, 0.1) is 0 Å². The van der Waals surface area contributed by atoms with Crippen molar-refractivity contribution in [1.29, 1.82) is 0 Å². The smallest absolute Gasteiger partial charge is 0.410 e. The fraction of sp³-hybridized carbons (Fsp3) is 0.640. The Labute approximate surface area is 849 Å². The summed E-state index contributed by atoms with van der Waals surface area (Å²) in [5.41, 5.74) is 95.3. The van der Waals surface area contributed by atoms with Gasteiger partial charge in [-0.15, -0.1) is 0 Å². The molecule has 64 heteroatoms. The molecule has 0 radical (unpaired) electrons. The van der Waals surface area contributed by atoms with E-state index < -0.39 is 276 Å². The van der Waals surface area contributed by atoms with Gasteiger partial charge in [0.1, 0.15) is 92.9 Å². The summed E-state index contributed by atoms with van der Waals surface area (Å²) in [7, 11) is 0. The van der Waals surface area contributed by atoms with E-state index >= 15 is 0 Å². The first-order valence-electron chi connectivity index (χ1n) is 46.4. The van der Waals surface area contributed by atoms with Crippen molar-refractivity contribution >= 4 is 42.0 Å². The minimum Gasteiger partial charge on any atom is -0.463 e. The number of aliphatic hydroxyl groups is 7.